The molecule has 1 aromatic carbocycles. The van der Waals surface area contributed by atoms with Crippen molar-refractivity contribution >= 4 is 17.6 Å². The number of halogens is 1. The molecule has 0 saturated heterocycles. The van der Waals surface area contributed by atoms with Gasteiger partial charge in [0.1, 0.15) is 5.82 Å². The zero-order valence-corrected chi connectivity index (χ0v) is 15.2. The summed E-state index contributed by atoms with van der Waals surface area (Å²) in [7, 11) is 0. The molecular weight excluding hydrogens is 359 g/mol. The van der Waals surface area contributed by atoms with Gasteiger partial charge in [-0.1, -0.05) is 12.2 Å². The second-order valence-corrected chi connectivity index (χ2v) is 7.09. The molecule has 5 rings (SSSR count). The third-order valence-corrected chi connectivity index (χ3v) is 5.35. The summed E-state index contributed by atoms with van der Waals surface area (Å²) in [4.78, 5) is 9.18. The Labute approximate surface area is 159 Å². The van der Waals surface area contributed by atoms with Crippen LogP contribution in [0.2, 0.25) is 0 Å². The number of aromatic nitrogens is 4. The molecule has 1 aliphatic carbocycles. The average molecular weight is 374 g/mol. The van der Waals surface area contributed by atoms with Gasteiger partial charge in [0.05, 0.1) is 30.0 Å². The Kier molecular flexibility index (Phi) is 3.90. The molecule has 0 N–H and O–H groups in total. The second-order valence-electron chi connectivity index (χ2n) is 6.43. The highest BCUT2D eigenvalue weighted by molar-refractivity contribution is 7.03. The maximum absolute atomic E-state index is 13.4. The molecule has 0 radical (unpaired) electrons. The molecule has 132 valence electrons. The van der Waals surface area contributed by atoms with E-state index >= 15 is 0 Å². The molecule has 27 heavy (non-hydrogen) atoms. The Morgan fingerprint density at radius 1 is 1.11 bits per heavy atom. The Morgan fingerprint density at radius 2 is 2.00 bits per heavy atom. The summed E-state index contributed by atoms with van der Waals surface area (Å²) in [6.07, 6.45) is 10.7. The lowest BCUT2D eigenvalue weighted by Gasteiger charge is -2.13. The van der Waals surface area contributed by atoms with Crippen molar-refractivity contribution in [3.05, 3.63) is 83.1 Å². The van der Waals surface area contributed by atoms with Gasteiger partial charge >= 0.3 is 0 Å². The smallest absolute Gasteiger partial charge is 0.123 e. The number of fused-ring (bicyclic) bond motifs is 1. The van der Waals surface area contributed by atoms with Gasteiger partial charge in [-0.15, -0.1) is 0 Å². The molecular formula is C21H15FN4S. The standard InChI is InChI=1S/C21H15FN4S/c22-16-6-4-15(5-7-16)20-21(18-8-9-23-19-3-1-2-17(18)19)26(13-24-20)11-14-10-25-27-12-14/h1-2,4-10,12-13H,3,11H2. The van der Waals surface area contributed by atoms with Crippen molar-refractivity contribution in [3.63, 3.8) is 0 Å². The first-order valence-electron chi connectivity index (χ1n) is 8.64. The number of nitrogens with zero attached hydrogens (tertiary/aromatic N) is 4. The molecule has 1 aliphatic rings. The summed E-state index contributed by atoms with van der Waals surface area (Å²) < 4.78 is 19.7. The molecule has 0 atom stereocenters. The van der Waals surface area contributed by atoms with E-state index in [1.165, 1.54) is 23.7 Å². The van der Waals surface area contributed by atoms with E-state index in [4.69, 9.17) is 0 Å². The van der Waals surface area contributed by atoms with E-state index in [9.17, 15) is 4.39 Å². The quantitative estimate of drug-likeness (QED) is 0.514. The summed E-state index contributed by atoms with van der Waals surface area (Å²) in [5.74, 6) is -0.253. The van der Waals surface area contributed by atoms with Gasteiger partial charge in [0.2, 0.25) is 0 Å². The molecule has 4 nitrogen and oxygen atoms in total. The lowest BCUT2D eigenvalue weighted by Crippen LogP contribution is -2.02. The lowest BCUT2D eigenvalue weighted by molar-refractivity contribution is 0.628. The fraction of sp³-hybridized carbons (Fsp3) is 0.0952. The minimum absolute atomic E-state index is 0.253. The lowest BCUT2D eigenvalue weighted by atomic mass is 10.0. The summed E-state index contributed by atoms with van der Waals surface area (Å²) in [6.45, 7) is 0.681. The summed E-state index contributed by atoms with van der Waals surface area (Å²) in [5.41, 5.74) is 7.17. The Hall–Kier alpha value is -3.12. The van der Waals surface area contributed by atoms with Gasteiger partial charge in [0, 0.05) is 46.4 Å². The molecule has 3 heterocycles. The molecule has 0 unspecified atom stereocenters. The van der Waals surface area contributed by atoms with Crippen molar-refractivity contribution in [3.8, 4) is 22.5 Å². The summed E-state index contributed by atoms with van der Waals surface area (Å²) >= 11 is 1.44. The van der Waals surface area contributed by atoms with Crippen LogP contribution in [0.15, 0.2) is 60.5 Å². The van der Waals surface area contributed by atoms with Crippen molar-refractivity contribution < 1.29 is 4.39 Å². The number of hydrogen-bond acceptors (Lipinski definition) is 4. The van der Waals surface area contributed by atoms with Crippen LogP contribution in [0.4, 0.5) is 4.39 Å². The van der Waals surface area contributed by atoms with Gasteiger partial charge in [0.25, 0.3) is 0 Å². The first-order chi connectivity index (χ1) is 13.3. The Balaban J connectivity index is 1.71. The third-order valence-electron chi connectivity index (χ3n) is 4.72. The Morgan fingerprint density at radius 3 is 2.81 bits per heavy atom. The average Bonchev–Trinajstić information content (AvgIpc) is 3.43. The Bertz CT molecular complexity index is 1130. The van der Waals surface area contributed by atoms with Gasteiger partial charge < -0.3 is 4.57 Å². The molecule has 0 fully saturated rings. The first-order valence-corrected chi connectivity index (χ1v) is 9.47. The van der Waals surface area contributed by atoms with Crippen LogP contribution >= 0.6 is 11.5 Å². The molecule has 3 aromatic heterocycles. The van der Waals surface area contributed by atoms with Gasteiger partial charge in [-0.3, -0.25) is 4.98 Å². The van der Waals surface area contributed by atoms with Crippen molar-refractivity contribution in [1.82, 2.24) is 18.9 Å². The number of pyridine rings is 1. The molecule has 0 spiro atoms. The van der Waals surface area contributed by atoms with Crippen LogP contribution in [0.5, 0.6) is 0 Å². The van der Waals surface area contributed by atoms with Crippen LogP contribution < -0.4 is 0 Å². The highest BCUT2D eigenvalue weighted by Gasteiger charge is 2.20. The van der Waals surface area contributed by atoms with Gasteiger partial charge in [-0.05, 0) is 41.9 Å². The fourth-order valence-corrected chi connectivity index (χ4v) is 3.99. The maximum atomic E-state index is 13.4. The predicted octanol–water partition coefficient (Wildman–Crippen LogP) is 4.83. The number of hydrogen-bond donors (Lipinski definition) is 0. The van der Waals surface area contributed by atoms with E-state index in [1.807, 2.05) is 30.2 Å². The predicted molar refractivity (Wildman–Crippen MR) is 105 cm³/mol. The molecule has 0 aliphatic heterocycles. The zero-order chi connectivity index (χ0) is 18.2. The molecule has 6 heteroatoms. The minimum atomic E-state index is -0.253. The topological polar surface area (TPSA) is 43.6 Å². The van der Waals surface area contributed by atoms with E-state index in [1.54, 1.807) is 12.1 Å². The SMILES string of the molecule is Fc1ccc(-c2ncn(Cc3cnsc3)c2-c2ccnc3c2C=CC3)cc1. The van der Waals surface area contributed by atoms with Gasteiger partial charge in [-0.25, -0.2) is 13.7 Å². The zero-order valence-electron chi connectivity index (χ0n) is 14.3. The summed E-state index contributed by atoms with van der Waals surface area (Å²) in [5, 5.41) is 2.04. The summed E-state index contributed by atoms with van der Waals surface area (Å²) in [6, 6.07) is 8.51. The van der Waals surface area contributed by atoms with Crippen molar-refractivity contribution in [1.29, 1.82) is 0 Å². The maximum Gasteiger partial charge on any atom is 0.123 e. The number of imidazole rings is 1. The van der Waals surface area contributed by atoms with E-state index in [2.05, 4.69) is 31.1 Å². The van der Waals surface area contributed by atoms with Crippen molar-refractivity contribution in [2.75, 3.05) is 0 Å². The monoisotopic (exact) mass is 374 g/mol. The number of allylic oxidation sites excluding steroid dienone is 1. The number of rotatable bonds is 4. The normalized spacial score (nSPS) is 12.5. The van der Waals surface area contributed by atoms with Gasteiger partial charge in [-0.2, -0.15) is 0 Å². The third kappa shape index (κ3) is 2.88. The van der Waals surface area contributed by atoms with Crippen LogP contribution in [-0.2, 0) is 13.0 Å². The molecule has 0 saturated carbocycles. The first kappa shape index (κ1) is 16.1. The van der Waals surface area contributed by atoms with E-state index < -0.39 is 0 Å². The van der Waals surface area contributed by atoms with Gasteiger partial charge in [0.15, 0.2) is 0 Å². The van der Waals surface area contributed by atoms with Crippen LogP contribution in [0.25, 0.3) is 28.6 Å². The largest absolute Gasteiger partial charge is 0.325 e. The van der Waals surface area contributed by atoms with Crippen LogP contribution in [-0.4, -0.2) is 18.9 Å². The molecule has 0 bridgehead atoms. The molecule has 0 amide bonds. The van der Waals surface area contributed by atoms with Crippen LogP contribution in [0.1, 0.15) is 16.8 Å². The van der Waals surface area contributed by atoms with E-state index in [0.29, 0.717) is 6.54 Å². The van der Waals surface area contributed by atoms with Crippen molar-refractivity contribution in [2.24, 2.45) is 0 Å². The number of benzene rings is 1. The van der Waals surface area contributed by atoms with Crippen molar-refractivity contribution in [2.45, 2.75) is 13.0 Å². The molecule has 4 aromatic rings. The van der Waals surface area contributed by atoms with E-state index in [0.717, 1.165) is 45.8 Å². The highest BCUT2D eigenvalue weighted by Crippen LogP contribution is 2.36. The highest BCUT2D eigenvalue weighted by atomic mass is 32.1. The van der Waals surface area contributed by atoms with Crippen LogP contribution in [0, 0.1) is 5.82 Å². The minimum Gasteiger partial charge on any atom is -0.325 e. The van der Waals surface area contributed by atoms with Crippen LogP contribution in [0.3, 0.4) is 0 Å². The van der Waals surface area contributed by atoms with E-state index in [-0.39, 0.29) is 5.82 Å². The second kappa shape index (κ2) is 6.55. The fourth-order valence-electron chi connectivity index (χ4n) is 3.47.